The summed E-state index contributed by atoms with van der Waals surface area (Å²) in [6, 6.07) is 12.3. The lowest BCUT2D eigenvalue weighted by Crippen LogP contribution is -2.32. The van der Waals surface area contributed by atoms with Gasteiger partial charge < -0.3 is 5.32 Å². The van der Waals surface area contributed by atoms with Crippen LogP contribution in [0.1, 0.15) is 35.3 Å². The molecule has 0 heterocycles. The van der Waals surface area contributed by atoms with E-state index in [9.17, 15) is 13.2 Å². The van der Waals surface area contributed by atoms with Gasteiger partial charge in [0.25, 0.3) is 5.91 Å². The largest absolute Gasteiger partial charge is 0.348 e. The van der Waals surface area contributed by atoms with Crippen LogP contribution in [0.25, 0.3) is 0 Å². The predicted octanol–water partition coefficient (Wildman–Crippen LogP) is 3.82. The quantitative estimate of drug-likeness (QED) is 0.629. The van der Waals surface area contributed by atoms with Crippen molar-refractivity contribution in [3.63, 3.8) is 0 Å². The first-order valence-electron chi connectivity index (χ1n) is 8.40. The van der Waals surface area contributed by atoms with Crippen LogP contribution in [-0.4, -0.2) is 26.6 Å². The second-order valence-corrected chi connectivity index (χ2v) is 9.37. The zero-order valence-electron chi connectivity index (χ0n) is 15.5. The standard InChI is InChI=1S/C19H23ClN2O3S2/c1-13(2)22-27(24,25)12-15-7-5-4-6-14(15)11-21-19(23)17-10-16(26-3)8-9-18(17)20/h4-10,13,22H,11-12H2,1-3H3,(H,21,23). The van der Waals surface area contributed by atoms with Gasteiger partial charge in [0.15, 0.2) is 0 Å². The van der Waals surface area contributed by atoms with E-state index in [0.717, 1.165) is 10.5 Å². The summed E-state index contributed by atoms with van der Waals surface area (Å²) >= 11 is 7.66. The molecule has 2 aromatic rings. The van der Waals surface area contributed by atoms with Crippen molar-refractivity contribution in [1.82, 2.24) is 10.0 Å². The number of benzene rings is 2. The fraction of sp³-hybridized carbons (Fsp3) is 0.316. The van der Waals surface area contributed by atoms with Crippen LogP contribution in [0.4, 0.5) is 0 Å². The van der Waals surface area contributed by atoms with E-state index >= 15 is 0 Å². The lowest BCUT2D eigenvalue weighted by Gasteiger charge is -2.14. The van der Waals surface area contributed by atoms with Crippen LogP contribution in [0, 0.1) is 0 Å². The molecule has 0 saturated heterocycles. The first-order chi connectivity index (χ1) is 12.7. The molecule has 0 bridgehead atoms. The Morgan fingerprint density at radius 3 is 2.44 bits per heavy atom. The van der Waals surface area contributed by atoms with Gasteiger partial charge in [0, 0.05) is 17.5 Å². The van der Waals surface area contributed by atoms with E-state index in [1.54, 1.807) is 44.2 Å². The first kappa shape index (κ1) is 21.8. The zero-order chi connectivity index (χ0) is 20.0. The number of carbonyl (C=O) groups is 1. The van der Waals surface area contributed by atoms with Crippen molar-refractivity contribution in [3.8, 4) is 0 Å². The zero-order valence-corrected chi connectivity index (χ0v) is 17.8. The minimum Gasteiger partial charge on any atom is -0.348 e. The van der Waals surface area contributed by atoms with Crippen LogP contribution in [0.5, 0.6) is 0 Å². The van der Waals surface area contributed by atoms with Crippen molar-refractivity contribution in [2.24, 2.45) is 0 Å². The van der Waals surface area contributed by atoms with E-state index < -0.39 is 10.0 Å². The van der Waals surface area contributed by atoms with Gasteiger partial charge in [0.1, 0.15) is 0 Å². The Bertz CT molecular complexity index is 915. The number of carbonyl (C=O) groups excluding carboxylic acids is 1. The molecule has 0 unspecified atom stereocenters. The summed E-state index contributed by atoms with van der Waals surface area (Å²) in [6.07, 6.45) is 1.92. The highest BCUT2D eigenvalue weighted by atomic mass is 35.5. The monoisotopic (exact) mass is 426 g/mol. The molecule has 2 N–H and O–H groups in total. The van der Waals surface area contributed by atoms with Crippen molar-refractivity contribution in [1.29, 1.82) is 0 Å². The third-order valence-electron chi connectivity index (χ3n) is 3.74. The van der Waals surface area contributed by atoms with E-state index in [2.05, 4.69) is 10.0 Å². The van der Waals surface area contributed by atoms with Crippen molar-refractivity contribution in [2.45, 2.75) is 37.1 Å². The van der Waals surface area contributed by atoms with E-state index in [4.69, 9.17) is 11.6 Å². The normalized spacial score (nSPS) is 11.6. The summed E-state index contributed by atoms with van der Waals surface area (Å²) in [5, 5.41) is 3.20. The molecule has 146 valence electrons. The number of hydrogen-bond donors (Lipinski definition) is 2. The Hall–Kier alpha value is -1.54. The Balaban J connectivity index is 2.14. The smallest absolute Gasteiger partial charge is 0.253 e. The van der Waals surface area contributed by atoms with E-state index in [1.165, 1.54) is 11.8 Å². The lowest BCUT2D eigenvalue weighted by molar-refractivity contribution is 0.0951. The van der Waals surface area contributed by atoms with Gasteiger partial charge in [-0.1, -0.05) is 35.9 Å². The predicted molar refractivity (Wildman–Crippen MR) is 112 cm³/mol. The number of rotatable bonds is 8. The Labute approximate surface area is 169 Å². The highest BCUT2D eigenvalue weighted by Crippen LogP contribution is 2.23. The Morgan fingerprint density at radius 2 is 1.81 bits per heavy atom. The summed E-state index contributed by atoms with van der Waals surface area (Å²) in [7, 11) is -3.45. The maximum atomic E-state index is 12.5. The van der Waals surface area contributed by atoms with Gasteiger partial charge >= 0.3 is 0 Å². The van der Waals surface area contributed by atoms with Crippen molar-refractivity contribution in [3.05, 3.63) is 64.2 Å². The van der Waals surface area contributed by atoms with Crippen LogP contribution < -0.4 is 10.0 Å². The molecule has 0 atom stereocenters. The topological polar surface area (TPSA) is 75.3 Å². The summed E-state index contributed by atoms with van der Waals surface area (Å²) in [5.74, 6) is -0.436. The average molecular weight is 427 g/mol. The molecule has 0 aliphatic carbocycles. The van der Waals surface area contributed by atoms with Gasteiger partial charge in [-0.2, -0.15) is 0 Å². The summed E-state index contributed by atoms with van der Waals surface area (Å²) in [4.78, 5) is 13.5. The molecule has 0 spiro atoms. The van der Waals surface area contributed by atoms with Gasteiger partial charge in [-0.05, 0) is 49.4 Å². The van der Waals surface area contributed by atoms with Crippen molar-refractivity contribution >= 4 is 39.3 Å². The number of hydrogen-bond acceptors (Lipinski definition) is 4. The second-order valence-electron chi connectivity index (χ2n) is 6.33. The molecule has 0 radical (unpaired) electrons. The van der Waals surface area contributed by atoms with Gasteiger partial charge in [0.2, 0.25) is 10.0 Å². The van der Waals surface area contributed by atoms with Gasteiger partial charge in [-0.15, -0.1) is 11.8 Å². The third-order valence-corrected chi connectivity index (χ3v) is 6.31. The van der Waals surface area contributed by atoms with Crippen LogP contribution in [0.2, 0.25) is 5.02 Å². The minimum atomic E-state index is -3.45. The van der Waals surface area contributed by atoms with Gasteiger partial charge in [-0.3, -0.25) is 4.79 Å². The highest BCUT2D eigenvalue weighted by Gasteiger charge is 2.16. The molecule has 0 aromatic heterocycles. The molecule has 0 aliphatic heterocycles. The Kier molecular flexibility index (Phi) is 7.73. The lowest BCUT2D eigenvalue weighted by atomic mass is 10.1. The maximum absolute atomic E-state index is 12.5. The average Bonchev–Trinajstić information content (AvgIpc) is 2.59. The molecule has 8 heteroatoms. The van der Waals surface area contributed by atoms with Gasteiger partial charge in [-0.25, -0.2) is 13.1 Å². The molecule has 0 fully saturated rings. The van der Waals surface area contributed by atoms with E-state index in [-0.39, 0.29) is 24.2 Å². The van der Waals surface area contributed by atoms with Crippen molar-refractivity contribution in [2.75, 3.05) is 6.26 Å². The molecule has 27 heavy (non-hydrogen) atoms. The van der Waals surface area contributed by atoms with Crippen LogP contribution in [0.3, 0.4) is 0 Å². The van der Waals surface area contributed by atoms with E-state index in [0.29, 0.717) is 16.1 Å². The molecule has 5 nitrogen and oxygen atoms in total. The molecule has 0 aliphatic rings. The number of nitrogens with one attached hydrogen (secondary N) is 2. The number of amides is 1. The molecular weight excluding hydrogens is 404 g/mol. The first-order valence-corrected chi connectivity index (χ1v) is 11.7. The molecule has 2 aromatic carbocycles. The van der Waals surface area contributed by atoms with Crippen LogP contribution >= 0.6 is 23.4 Å². The summed E-state index contributed by atoms with van der Waals surface area (Å²) < 4.78 is 27.0. The van der Waals surface area contributed by atoms with Crippen LogP contribution in [0.15, 0.2) is 47.4 Å². The fourth-order valence-electron chi connectivity index (χ4n) is 2.55. The molecular formula is C19H23ClN2O3S2. The number of halogens is 1. The minimum absolute atomic E-state index is 0.139. The summed E-state index contributed by atoms with van der Waals surface area (Å²) in [6.45, 7) is 3.76. The van der Waals surface area contributed by atoms with Crippen molar-refractivity contribution < 1.29 is 13.2 Å². The number of thioether (sulfide) groups is 1. The molecule has 2 rings (SSSR count). The molecule has 0 saturated carbocycles. The summed E-state index contributed by atoms with van der Waals surface area (Å²) in [5.41, 5.74) is 1.79. The highest BCUT2D eigenvalue weighted by molar-refractivity contribution is 7.98. The van der Waals surface area contributed by atoms with Gasteiger partial charge in [0.05, 0.1) is 16.3 Å². The molecule has 1 amide bonds. The SMILES string of the molecule is CSc1ccc(Cl)c(C(=O)NCc2ccccc2CS(=O)(=O)NC(C)C)c1. The van der Waals surface area contributed by atoms with E-state index in [1.807, 2.05) is 18.4 Å². The second kappa shape index (κ2) is 9.59. The third kappa shape index (κ3) is 6.53. The van der Waals surface area contributed by atoms with Crippen LogP contribution in [-0.2, 0) is 22.3 Å². The number of sulfonamides is 1. The maximum Gasteiger partial charge on any atom is 0.253 e. The Morgan fingerprint density at radius 1 is 1.15 bits per heavy atom. The fourth-order valence-corrected chi connectivity index (χ4v) is 4.69.